The van der Waals surface area contributed by atoms with Crippen LogP contribution in [0.5, 0.6) is 5.75 Å². The lowest BCUT2D eigenvalue weighted by atomic mass is 9.91. The van der Waals surface area contributed by atoms with Gasteiger partial charge in [-0.25, -0.2) is 27.1 Å². The summed E-state index contributed by atoms with van der Waals surface area (Å²) in [5.74, 6) is -5.83. The number of hydrogen-bond donors (Lipinski definition) is 5. The molecule has 386 valence electrons. The average molecular weight is 1040 g/mol. The Bertz CT molecular complexity index is 3320. The molecule has 0 spiro atoms. The van der Waals surface area contributed by atoms with Crippen molar-refractivity contribution in [1.29, 1.82) is 0 Å². The molecule has 76 heavy (non-hydrogen) atoms. The quantitative estimate of drug-likeness (QED) is 0.0572. The van der Waals surface area contributed by atoms with Gasteiger partial charge >= 0.3 is 0 Å². The minimum absolute atomic E-state index is 0.0537. The van der Waals surface area contributed by atoms with Crippen LogP contribution in [-0.2, 0) is 30.9 Å². The van der Waals surface area contributed by atoms with Crippen LogP contribution in [0.25, 0.3) is 16.8 Å². The van der Waals surface area contributed by atoms with E-state index in [1.165, 1.54) is 127 Å². The number of benzene rings is 5. The monoisotopic (exact) mass is 1030 g/mol. The van der Waals surface area contributed by atoms with Crippen LogP contribution < -0.4 is 31.3 Å². The van der Waals surface area contributed by atoms with Gasteiger partial charge in [-0.3, -0.25) is 24.0 Å². The number of halogens is 4. The van der Waals surface area contributed by atoms with E-state index in [1.807, 2.05) is 0 Å². The summed E-state index contributed by atoms with van der Waals surface area (Å²) >= 11 is 0. The lowest BCUT2D eigenvalue weighted by molar-refractivity contribution is 0.0301. The highest BCUT2D eigenvalue weighted by atomic mass is 19.1. The standard InChI is InChI=1S/C55H46F4N10O7/c1-75-43-26-41(19-20-42(43)54(74)68-22-24-76-25-23-68)64-55-65-44-21-10-36(31-69(44)67-55)45-46(50(70)60-27-32-2-11-37(56)12-3-32)48(52(72)62-29-34-6-15-39(58)16-7-34)66-49(53(73)63-30-35-8-17-40(59)18-9-35)47(45)51(71)61-28-33-4-13-38(57)14-5-33/h2-21,26,31H,22-25,27-30H2,1H3,(H,60,70)(H,61,71)(H,62,72)(H,63,73)(H,64,67). The second-order valence-corrected chi connectivity index (χ2v) is 17.3. The Labute approximate surface area is 431 Å². The molecule has 5 aromatic carbocycles. The van der Waals surface area contributed by atoms with E-state index in [4.69, 9.17) is 9.47 Å². The molecule has 8 aromatic rings. The highest BCUT2D eigenvalue weighted by Gasteiger charge is 2.34. The Morgan fingerprint density at radius 2 is 1.01 bits per heavy atom. The number of pyridine rings is 2. The van der Waals surface area contributed by atoms with Gasteiger partial charge in [0.1, 0.15) is 40.4 Å². The Kier molecular flexibility index (Phi) is 15.7. The molecule has 1 fully saturated rings. The van der Waals surface area contributed by atoms with Gasteiger partial charge in [0, 0.05) is 68.3 Å². The van der Waals surface area contributed by atoms with E-state index < -0.39 is 69.4 Å². The molecule has 1 aliphatic heterocycles. The number of amides is 5. The Morgan fingerprint density at radius 1 is 0.566 bits per heavy atom. The van der Waals surface area contributed by atoms with E-state index in [0.717, 1.165) is 0 Å². The van der Waals surface area contributed by atoms with Crippen molar-refractivity contribution in [2.45, 2.75) is 26.2 Å². The molecule has 0 saturated carbocycles. The number of hydrogen-bond acceptors (Lipinski definition) is 11. The van der Waals surface area contributed by atoms with Gasteiger partial charge in [-0.15, -0.1) is 5.10 Å². The van der Waals surface area contributed by atoms with Gasteiger partial charge in [0.2, 0.25) is 5.95 Å². The highest BCUT2D eigenvalue weighted by molar-refractivity contribution is 6.18. The minimum atomic E-state index is -0.982. The fraction of sp³-hybridized carbons (Fsp3) is 0.164. The fourth-order valence-electron chi connectivity index (χ4n) is 8.22. The molecular formula is C55H46F4N10O7. The first-order valence-electron chi connectivity index (χ1n) is 23.7. The van der Waals surface area contributed by atoms with E-state index in [0.29, 0.717) is 59.8 Å². The Morgan fingerprint density at radius 3 is 1.46 bits per heavy atom. The van der Waals surface area contributed by atoms with E-state index in [1.54, 1.807) is 23.1 Å². The van der Waals surface area contributed by atoms with Crippen LogP contribution >= 0.6 is 0 Å². The number of anilines is 2. The molecule has 0 unspecified atom stereocenters. The predicted molar refractivity (Wildman–Crippen MR) is 269 cm³/mol. The third-order valence-electron chi connectivity index (χ3n) is 12.2. The smallest absolute Gasteiger partial charge is 0.271 e. The van der Waals surface area contributed by atoms with Crippen molar-refractivity contribution in [3.63, 3.8) is 0 Å². The fourth-order valence-corrected chi connectivity index (χ4v) is 8.22. The van der Waals surface area contributed by atoms with Crippen molar-refractivity contribution in [3.05, 3.63) is 207 Å². The molecule has 17 nitrogen and oxygen atoms in total. The van der Waals surface area contributed by atoms with Crippen LogP contribution in [0, 0.1) is 23.3 Å². The summed E-state index contributed by atoms with van der Waals surface area (Å²) in [6, 6.07) is 28.9. The zero-order valence-corrected chi connectivity index (χ0v) is 40.5. The van der Waals surface area contributed by atoms with Crippen LogP contribution in [0.2, 0.25) is 0 Å². The van der Waals surface area contributed by atoms with Gasteiger partial charge in [0.25, 0.3) is 29.5 Å². The highest BCUT2D eigenvalue weighted by Crippen LogP contribution is 2.34. The number of carbonyl (C=O) groups is 5. The number of aromatic nitrogens is 4. The number of rotatable bonds is 17. The number of ether oxygens (including phenoxy) is 2. The molecule has 0 atom stereocenters. The van der Waals surface area contributed by atoms with Crippen LogP contribution in [0.3, 0.4) is 0 Å². The summed E-state index contributed by atoms with van der Waals surface area (Å²) in [6.07, 6.45) is 1.42. The molecule has 0 bridgehead atoms. The van der Waals surface area contributed by atoms with Crippen molar-refractivity contribution >= 4 is 46.8 Å². The number of carbonyl (C=O) groups excluding carboxylic acids is 5. The molecule has 4 heterocycles. The van der Waals surface area contributed by atoms with Crippen molar-refractivity contribution in [2.24, 2.45) is 0 Å². The second-order valence-electron chi connectivity index (χ2n) is 17.3. The first kappa shape index (κ1) is 51.4. The number of morpholine rings is 1. The maximum atomic E-state index is 15.0. The topological polar surface area (TPSA) is 210 Å². The van der Waals surface area contributed by atoms with Gasteiger partial charge in [0.05, 0.1) is 37.0 Å². The van der Waals surface area contributed by atoms with E-state index in [9.17, 15) is 41.5 Å². The number of methoxy groups -OCH3 is 1. The minimum Gasteiger partial charge on any atom is -0.496 e. The molecule has 5 amide bonds. The molecular weight excluding hydrogens is 989 g/mol. The summed E-state index contributed by atoms with van der Waals surface area (Å²) in [4.78, 5) is 83.4. The first-order valence-corrected chi connectivity index (χ1v) is 23.7. The average Bonchev–Trinajstić information content (AvgIpc) is 3.87. The molecule has 21 heteroatoms. The van der Waals surface area contributed by atoms with Crippen LogP contribution in [-0.4, -0.2) is 87.4 Å². The van der Waals surface area contributed by atoms with E-state index in [2.05, 4.69) is 41.7 Å². The van der Waals surface area contributed by atoms with Gasteiger partial charge in [-0.05, 0) is 95.1 Å². The molecule has 3 aromatic heterocycles. The van der Waals surface area contributed by atoms with Gasteiger partial charge in [-0.2, -0.15) is 4.98 Å². The lowest BCUT2D eigenvalue weighted by Gasteiger charge is -2.27. The van der Waals surface area contributed by atoms with Crippen molar-refractivity contribution in [3.8, 4) is 16.9 Å². The second kappa shape index (κ2) is 23.1. The van der Waals surface area contributed by atoms with Crippen molar-refractivity contribution < 1.29 is 51.0 Å². The van der Waals surface area contributed by atoms with Gasteiger partial charge in [-0.1, -0.05) is 48.5 Å². The predicted octanol–water partition coefficient (Wildman–Crippen LogP) is 7.29. The first-order chi connectivity index (χ1) is 36.8. The lowest BCUT2D eigenvalue weighted by Crippen LogP contribution is -2.40. The SMILES string of the molecule is COc1cc(Nc2nc3ccc(-c4c(C(=O)NCc5ccc(F)cc5)c(C(=O)NCc5ccc(F)cc5)nc(C(=O)NCc5ccc(F)cc5)c4C(=O)NCc4ccc(F)cc4)cn3n2)ccc1C(=O)N1CCOCC1. The van der Waals surface area contributed by atoms with E-state index in [-0.39, 0.29) is 60.6 Å². The normalized spacial score (nSPS) is 12.2. The van der Waals surface area contributed by atoms with Crippen molar-refractivity contribution in [2.75, 3.05) is 38.7 Å². The van der Waals surface area contributed by atoms with Crippen LogP contribution in [0.4, 0.5) is 29.2 Å². The third-order valence-corrected chi connectivity index (χ3v) is 12.2. The molecule has 1 aliphatic rings. The van der Waals surface area contributed by atoms with Crippen LogP contribution in [0.15, 0.2) is 134 Å². The molecule has 0 aliphatic carbocycles. The Hall–Kier alpha value is -9.50. The molecule has 0 radical (unpaired) electrons. The summed E-state index contributed by atoms with van der Waals surface area (Å²) in [7, 11) is 1.44. The van der Waals surface area contributed by atoms with Crippen molar-refractivity contribution in [1.82, 2.24) is 45.7 Å². The number of nitrogens with zero attached hydrogens (tertiary/aromatic N) is 5. The largest absolute Gasteiger partial charge is 0.496 e. The van der Waals surface area contributed by atoms with Gasteiger partial charge < -0.3 is 41.0 Å². The zero-order chi connectivity index (χ0) is 53.3. The van der Waals surface area contributed by atoms with Crippen LogP contribution in [0.1, 0.15) is 74.3 Å². The molecule has 5 N–H and O–H groups in total. The summed E-state index contributed by atoms with van der Waals surface area (Å²) in [5, 5.41) is 18.6. The molecule has 9 rings (SSSR count). The maximum absolute atomic E-state index is 15.0. The number of nitrogens with one attached hydrogen (secondary N) is 5. The summed E-state index contributed by atoms with van der Waals surface area (Å²) < 4.78 is 68.1. The Balaban J connectivity index is 1.18. The maximum Gasteiger partial charge on any atom is 0.271 e. The number of fused-ring (bicyclic) bond motifs is 1. The van der Waals surface area contributed by atoms with Gasteiger partial charge in [0.15, 0.2) is 5.65 Å². The summed E-state index contributed by atoms with van der Waals surface area (Å²) in [5.41, 5.74) is 0.503. The third kappa shape index (κ3) is 12.1. The summed E-state index contributed by atoms with van der Waals surface area (Å²) in [6.45, 7) is 0.888. The zero-order valence-electron chi connectivity index (χ0n) is 40.5. The van der Waals surface area contributed by atoms with E-state index >= 15 is 0 Å². The molecule has 1 saturated heterocycles.